The first-order chi connectivity index (χ1) is 7.00. The third kappa shape index (κ3) is 1.74. The van der Waals surface area contributed by atoms with Crippen molar-refractivity contribution < 1.29 is 13.2 Å². The third-order valence-electron chi connectivity index (χ3n) is 2.05. The molecule has 6 heteroatoms. The highest BCUT2D eigenvalue weighted by Crippen LogP contribution is 2.31. The zero-order chi connectivity index (χ0) is 11.1. The van der Waals surface area contributed by atoms with Gasteiger partial charge in [-0.25, -0.2) is 4.98 Å². The number of nitrogens with zero attached hydrogens (tertiary/aromatic N) is 1. The van der Waals surface area contributed by atoms with Gasteiger partial charge in [-0.15, -0.1) is 0 Å². The van der Waals surface area contributed by atoms with Crippen LogP contribution in [-0.2, 0) is 6.18 Å². The van der Waals surface area contributed by atoms with Crippen molar-refractivity contribution in [1.82, 2.24) is 9.97 Å². The van der Waals surface area contributed by atoms with Gasteiger partial charge in [0.2, 0.25) is 5.95 Å². The molecule has 0 unspecified atom stereocenters. The highest BCUT2D eigenvalue weighted by atomic mass is 19.4. The van der Waals surface area contributed by atoms with Gasteiger partial charge < -0.3 is 10.3 Å². The number of nitrogens with one attached hydrogen (secondary N) is 2. The van der Waals surface area contributed by atoms with Crippen LogP contribution < -0.4 is 5.32 Å². The molecular formula is C9H8F3N3. The van der Waals surface area contributed by atoms with Gasteiger partial charge in [-0.3, -0.25) is 0 Å². The predicted molar refractivity (Wildman–Crippen MR) is 50.6 cm³/mol. The third-order valence-corrected chi connectivity index (χ3v) is 2.05. The fourth-order valence-corrected chi connectivity index (χ4v) is 1.30. The second kappa shape index (κ2) is 3.15. The molecular weight excluding hydrogens is 207 g/mol. The molecule has 0 bridgehead atoms. The molecule has 0 atom stereocenters. The summed E-state index contributed by atoms with van der Waals surface area (Å²) in [5.41, 5.74) is 0.197. The van der Waals surface area contributed by atoms with Crippen LogP contribution in [0.5, 0.6) is 0 Å². The van der Waals surface area contributed by atoms with Crippen LogP contribution in [0, 0.1) is 0 Å². The lowest BCUT2D eigenvalue weighted by Crippen LogP contribution is -2.04. The lowest BCUT2D eigenvalue weighted by molar-refractivity contribution is -0.137. The Morgan fingerprint density at radius 1 is 1.33 bits per heavy atom. The minimum atomic E-state index is -4.32. The topological polar surface area (TPSA) is 40.7 Å². The summed E-state index contributed by atoms with van der Waals surface area (Å²) < 4.78 is 37.1. The van der Waals surface area contributed by atoms with E-state index < -0.39 is 11.7 Å². The average Bonchev–Trinajstić information content (AvgIpc) is 2.57. The van der Waals surface area contributed by atoms with Crippen LogP contribution in [0.3, 0.4) is 0 Å². The fourth-order valence-electron chi connectivity index (χ4n) is 1.30. The van der Waals surface area contributed by atoms with E-state index in [0.717, 1.165) is 12.1 Å². The number of imidazole rings is 1. The number of benzene rings is 1. The van der Waals surface area contributed by atoms with E-state index in [9.17, 15) is 13.2 Å². The number of halogens is 3. The molecule has 0 aliphatic carbocycles. The van der Waals surface area contributed by atoms with Crippen LogP contribution in [0.2, 0.25) is 0 Å². The molecule has 0 radical (unpaired) electrons. The Hall–Kier alpha value is -1.72. The van der Waals surface area contributed by atoms with Gasteiger partial charge >= 0.3 is 6.18 Å². The molecule has 0 spiro atoms. The van der Waals surface area contributed by atoms with Crippen molar-refractivity contribution in [3.63, 3.8) is 0 Å². The number of aromatic nitrogens is 2. The Kier molecular flexibility index (Phi) is 2.06. The second-order valence-electron chi connectivity index (χ2n) is 3.07. The Labute approximate surface area is 83.3 Å². The maximum absolute atomic E-state index is 12.4. The van der Waals surface area contributed by atoms with Gasteiger partial charge in [0.25, 0.3) is 0 Å². The molecule has 2 rings (SSSR count). The zero-order valence-electron chi connectivity index (χ0n) is 7.81. The first-order valence-electron chi connectivity index (χ1n) is 4.25. The highest BCUT2D eigenvalue weighted by molar-refractivity contribution is 5.78. The van der Waals surface area contributed by atoms with Crippen molar-refractivity contribution in [2.45, 2.75) is 6.18 Å². The second-order valence-corrected chi connectivity index (χ2v) is 3.07. The predicted octanol–water partition coefficient (Wildman–Crippen LogP) is 2.62. The molecule has 0 amide bonds. The van der Waals surface area contributed by atoms with Gasteiger partial charge in [0.05, 0.1) is 16.6 Å². The van der Waals surface area contributed by atoms with Crippen molar-refractivity contribution in [3.05, 3.63) is 23.8 Å². The van der Waals surface area contributed by atoms with E-state index in [-0.39, 0.29) is 0 Å². The number of fused-ring (bicyclic) bond motifs is 1. The van der Waals surface area contributed by atoms with E-state index >= 15 is 0 Å². The summed E-state index contributed by atoms with van der Waals surface area (Å²) in [5, 5.41) is 2.73. The quantitative estimate of drug-likeness (QED) is 0.767. The Morgan fingerprint density at radius 2 is 2.07 bits per heavy atom. The monoisotopic (exact) mass is 215 g/mol. The maximum Gasteiger partial charge on any atom is 0.416 e. The summed E-state index contributed by atoms with van der Waals surface area (Å²) in [6.07, 6.45) is -4.32. The number of aromatic amines is 1. The van der Waals surface area contributed by atoms with Crippen molar-refractivity contribution in [2.75, 3.05) is 12.4 Å². The smallest absolute Gasteiger partial charge is 0.359 e. The van der Waals surface area contributed by atoms with Crippen LogP contribution in [0.25, 0.3) is 11.0 Å². The lowest BCUT2D eigenvalue weighted by atomic mass is 10.2. The molecule has 0 saturated heterocycles. The van der Waals surface area contributed by atoms with Gasteiger partial charge in [-0.05, 0) is 18.2 Å². The first-order valence-corrected chi connectivity index (χ1v) is 4.25. The van der Waals surface area contributed by atoms with Crippen molar-refractivity contribution >= 4 is 17.0 Å². The van der Waals surface area contributed by atoms with Gasteiger partial charge in [-0.2, -0.15) is 13.2 Å². The Bertz CT molecular complexity index is 487. The molecule has 2 N–H and O–H groups in total. The molecule has 0 saturated carbocycles. The summed E-state index contributed by atoms with van der Waals surface area (Å²) in [6.45, 7) is 0. The van der Waals surface area contributed by atoms with Crippen LogP contribution in [0.15, 0.2) is 18.2 Å². The summed E-state index contributed by atoms with van der Waals surface area (Å²) in [4.78, 5) is 6.76. The number of rotatable bonds is 1. The van der Waals surface area contributed by atoms with Crippen LogP contribution in [0.4, 0.5) is 19.1 Å². The van der Waals surface area contributed by atoms with Crippen LogP contribution in [-0.4, -0.2) is 17.0 Å². The molecule has 0 aliphatic rings. The van der Waals surface area contributed by atoms with E-state index in [1.165, 1.54) is 6.07 Å². The van der Waals surface area contributed by atoms with Gasteiger partial charge in [0.15, 0.2) is 0 Å². The normalized spacial score (nSPS) is 12.0. The molecule has 15 heavy (non-hydrogen) atoms. The molecule has 3 nitrogen and oxygen atoms in total. The van der Waals surface area contributed by atoms with E-state index in [1.807, 2.05) is 0 Å². The molecule has 1 aromatic carbocycles. The number of hydrogen-bond acceptors (Lipinski definition) is 2. The number of anilines is 1. The SMILES string of the molecule is CNc1nc2ccc(C(F)(F)F)cc2[nH]1. The number of alkyl halides is 3. The molecule has 80 valence electrons. The number of H-pyrrole nitrogens is 1. The largest absolute Gasteiger partial charge is 0.416 e. The lowest BCUT2D eigenvalue weighted by Gasteiger charge is -2.04. The molecule has 0 fully saturated rings. The highest BCUT2D eigenvalue weighted by Gasteiger charge is 2.30. The fraction of sp³-hybridized carbons (Fsp3) is 0.222. The Balaban J connectivity index is 2.55. The van der Waals surface area contributed by atoms with E-state index in [4.69, 9.17) is 0 Å². The van der Waals surface area contributed by atoms with E-state index in [2.05, 4.69) is 15.3 Å². The minimum absolute atomic E-state index is 0.370. The van der Waals surface area contributed by atoms with E-state index in [0.29, 0.717) is 17.0 Å². The summed E-state index contributed by atoms with van der Waals surface area (Å²) in [7, 11) is 1.64. The van der Waals surface area contributed by atoms with Gasteiger partial charge in [-0.1, -0.05) is 0 Å². The van der Waals surface area contributed by atoms with Crippen LogP contribution in [0.1, 0.15) is 5.56 Å². The van der Waals surface area contributed by atoms with Gasteiger partial charge in [0.1, 0.15) is 0 Å². The molecule has 2 aromatic rings. The maximum atomic E-state index is 12.4. The first kappa shape index (κ1) is 9.82. The molecule has 1 heterocycles. The van der Waals surface area contributed by atoms with Crippen LogP contribution >= 0.6 is 0 Å². The van der Waals surface area contributed by atoms with Crippen molar-refractivity contribution in [2.24, 2.45) is 0 Å². The minimum Gasteiger partial charge on any atom is -0.359 e. The summed E-state index contributed by atoms with van der Waals surface area (Å²) in [5.74, 6) is 0.448. The number of hydrogen-bond donors (Lipinski definition) is 2. The summed E-state index contributed by atoms with van der Waals surface area (Å²) in [6, 6.07) is 3.40. The molecule has 1 aromatic heterocycles. The standard InChI is InChI=1S/C9H8F3N3/c1-13-8-14-6-3-2-5(9(10,11)12)4-7(6)15-8/h2-4H,1H3,(H2,13,14,15). The average molecular weight is 215 g/mol. The summed E-state index contributed by atoms with van der Waals surface area (Å²) >= 11 is 0. The van der Waals surface area contributed by atoms with E-state index in [1.54, 1.807) is 7.05 Å². The zero-order valence-corrected chi connectivity index (χ0v) is 7.81. The Morgan fingerprint density at radius 3 is 2.67 bits per heavy atom. The van der Waals surface area contributed by atoms with Crippen molar-refractivity contribution in [1.29, 1.82) is 0 Å². The van der Waals surface area contributed by atoms with Gasteiger partial charge in [0, 0.05) is 7.05 Å². The molecule has 0 aliphatic heterocycles. The van der Waals surface area contributed by atoms with Crippen molar-refractivity contribution in [3.8, 4) is 0 Å².